The number of carbonyl (C=O) groups is 2. The maximum Gasteiger partial charge on any atom is 0.410 e. The van der Waals surface area contributed by atoms with E-state index in [1.807, 2.05) is 40.7 Å². The minimum absolute atomic E-state index is 0.00330. The summed E-state index contributed by atoms with van der Waals surface area (Å²) in [6.07, 6.45) is 1.76. The van der Waals surface area contributed by atoms with Crippen LogP contribution in [-0.2, 0) is 4.74 Å². The Labute approximate surface area is 214 Å². The highest BCUT2D eigenvalue weighted by molar-refractivity contribution is 7.10. The van der Waals surface area contributed by atoms with Crippen molar-refractivity contribution in [1.82, 2.24) is 25.4 Å². The second-order valence-electron chi connectivity index (χ2n) is 10.4. The summed E-state index contributed by atoms with van der Waals surface area (Å²) in [5.74, 6) is -0.841. The number of carbonyl (C=O) groups excluding carboxylic acids is 2. The topological polar surface area (TPSA) is 100 Å². The number of ether oxygens (including phenoxy) is 1. The van der Waals surface area contributed by atoms with Gasteiger partial charge in [0, 0.05) is 36.0 Å². The van der Waals surface area contributed by atoms with Crippen molar-refractivity contribution >= 4 is 23.3 Å². The first-order valence-electron chi connectivity index (χ1n) is 12.0. The predicted molar refractivity (Wildman–Crippen MR) is 135 cm³/mol. The van der Waals surface area contributed by atoms with Crippen molar-refractivity contribution in [3.63, 3.8) is 0 Å². The first-order chi connectivity index (χ1) is 17.0. The van der Waals surface area contributed by atoms with E-state index in [-0.39, 0.29) is 35.6 Å². The molecule has 2 aromatic heterocycles. The number of aromatic amines is 1. The lowest BCUT2D eigenvalue weighted by Crippen LogP contribution is -2.46. The Kier molecular flexibility index (Phi) is 7.44. The van der Waals surface area contributed by atoms with Gasteiger partial charge in [-0.3, -0.25) is 14.8 Å². The summed E-state index contributed by atoms with van der Waals surface area (Å²) in [6.45, 7) is 9.63. The monoisotopic (exact) mass is 513 g/mol. The Morgan fingerprint density at radius 1 is 1.19 bits per heavy atom. The third-order valence-corrected chi connectivity index (χ3v) is 7.01. The molecule has 0 saturated carbocycles. The molecule has 3 unspecified atom stereocenters. The number of hydrogen-bond acceptors (Lipinski definition) is 6. The molecule has 3 atom stereocenters. The van der Waals surface area contributed by atoms with E-state index in [2.05, 4.69) is 15.5 Å². The van der Waals surface area contributed by atoms with Crippen LogP contribution in [0.5, 0.6) is 0 Å². The summed E-state index contributed by atoms with van der Waals surface area (Å²) >= 11 is 1.43. The van der Waals surface area contributed by atoms with Gasteiger partial charge < -0.3 is 10.1 Å². The van der Waals surface area contributed by atoms with E-state index in [0.29, 0.717) is 18.7 Å². The third-order valence-electron chi connectivity index (χ3n) is 6.03. The smallest absolute Gasteiger partial charge is 0.410 e. The Morgan fingerprint density at radius 3 is 2.53 bits per heavy atom. The molecule has 3 heterocycles. The number of nitrogens with one attached hydrogen (secondary N) is 2. The Bertz CT molecular complexity index is 1190. The van der Waals surface area contributed by atoms with Gasteiger partial charge in [-0.25, -0.2) is 14.2 Å². The fourth-order valence-electron chi connectivity index (χ4n) is 4.49. The number of thiazole rings is 1. The van der Waals surface area contributed by atoms with Crippen LogP contribution in [0.3, 0.4) is 0 Å². The molecular weight excluding hydrogens is 481 g/mol. The van der Waals surface area contributed by atoms with Crippen molar-refractivity contribution in [2.24, 2.45) is 0 Å². The molecular formula is C26H32FN5O3S. The summed E-state index contributed by atoms with van der Waals surface area (Å²) in [7, 11) is 0. The highest BCUT2D eigenvalue weighted by atomic mass is 32.1. The molecule has 1 saturated heterocycles. The number of nitrogens with zero attached hydrogens (tertiary/aromatic N) is 3. The molecule has 4 rings (SSSR count). The van der Waals surface area contributed by atoms with Crippen molar-refractivity contribution in [1.29, 1.82) is 0 Å². The number of aromatic nitrogens is 3. The highest BCUT2D eigenvalue weighted by Gasteiger charge is 2.43. The van der Waals surface area contributed by atoms with Crippen LogP contribution in [0.15, 0.2) is 41.9 Å². The average molecular weight is 514 g/mol. The zero-order valence-electron chi connectivity index (χ0n) is 21.1. The molecule has 8 nitrogen and oxygen atoms in total. The van der Waals surface area contributed by atoms with Gasteiger partial charge in [-0.2, -0.15) is 5.10 Å². The van der Waals surface area contributed by atoms with Crippen molar-refractivity contribution in [3.05, 3.63) is 69.7 Å². The summed E-state index contributed by atoms with van der Waals surface area (Å²) < 4.78 is 19.5. The number of H-pyrrole nitrogens is 1. The zero-order valence-corrected chi connectivity index (χ0v) is 21.9. The number of halogens is 1. The fourth-order valence-corrected chi connectivity index (χ4v) is 5.47. The second kappa shape index (κ2) is 10.4. The van der Waals surface area contributed by atoms with Gasteiger partial charge in [0.05, 0.1) is 16.7 Å². The van der Waals surface area contributed by atoms with Crippen LogP contribution in [0.1, 0.15) is 85.7 Å². The Morgan fingerprint density at radius 2 is 1.92 bits per heavy atom. The van der Waals surface area contributed by atoms with Gasteiger partial charge in [-0.05, 0) is 64.8 Å². The minimum atomic E-state index is -0.661. The molecule has 1 fully saturated rings. The van der Waals surface area contributed by atoms with Crippen molar-refractivity contribution < 1.29 is 18.7 Å². The predicted octanol–water partition coefficient (Wildman–Crippen LogP) is 5.39. The number of amides is 2. The zero-order chi connectivity index (χ0) is 26.0. The standard InChI is InChI=1S/C26H32FN5O3S/c1-15(2)29-23(33)21-14-36-24(30-21)18-12-22(20-10-11-28-31-20)32(25(34)35-26(3,4)5)13-19(18)16-6-8-17(27)9-7-16/h6-11,14-15,18-19,22H,12-13H2,1-5H3,(H,28,31)(H,29,33). The van der Waals surface area contributed by atoms with Gasteiger partial charge in [0.2, 0.25) is 0 Å². The van der Waals surface area contributed by atoms with Gasteiger partial charge >= 0.3 is 6.09 Å². The maximum atomic E-state index is 13.8. The lowest BCUT2D eigenvalue weighted by molar-refractivity contribution is 0.00403. The van der Waals surface area contributed by atoms with Crippen LogP contribution in [0.25, 0.3) is 0 Å². The fraction of sp³-hybridized carbons (Fsp3) is 0.462. The van der Waals surface area contributed by atoms with Crippen LogP contribution in [-0.4, -0.2) is 50.3 Å². The van der Waals surface area contributed by atoms with Crippen molar-refractivity contribution in [2.75, 3.05) is 6.54 Å². The molecule has 3 aromatic rings. The van der Waals surface area contributed by atoms with E-state index in [0.717, 1.165) is 16.3 Å². The molecule has 192 valence electrons. The second-order valence-corrected chi connectivity index (χ2v) is 11.2. The molecule has 0 spiro atoms. The van der Waals surface area contributed by atoms with E-state index in [1.165, 1.54) is 23.5 Å². The first kappa shape index (κ1) is 25.8. The van der Waals surface area contributed by atoms with E-state index in [9.17, 15) is 14.0 Å². The molecule has 10 heteroatoms. The van der Waals surface area contributed by atoms with Crippen molar-refractivity contribution in [2.45, 2.75) is 70.6 Å². The van der Waals surface area contributed by atoms with Gasteiger partial charge in [0.15, 0.2) is 0 Å². The van der Waals surface area contributed by atoms with Gasteiger partial charge in [0.25, 0.3) is 5.91 Å². The van der Waals surface area contributed by atoms with Crippen molar-refractivity contribution in [3.8, 4) is 0 Å². The number of piperidine rings is 1. The van der Waals surface area contributed by atoms with Gasteiger partial charge in [0.1, 0.15) is 17.1 Å². The van der Waals surface area contributed by atoms with Crippen LogP contribution in [0, 0.1) is 5.82 Å². The number of hydrogen-bond donors (Lipinski definition) is 2. The quantitative estimate of drug-likeness (QED) is 0.476. The van der Waals surface area contributed by atoms with E-state index < -0.39 is 11.7 Å². The summed E-state index contributed by atoms with van der Waals surface area (Å²) in [5.41, 5.74) is 1.39. The molecule has 1 aliphatic heterocycles. The molecule has 0 radical (unpaired) electrons. The first-order valence-corrected chi connectivity index (χ1v) is 12.9. The molecule has 0 aliphatic carbocycles. The van der Waals surface area contributed by atoms with Gasteiger partial charge in [-0.1, -0.05) is 12.1 Å². The van der Waals surface area contributed by atoms with Crippen LogP contribution >= 0.6 is 11.3 Å². The molecule has 1 aromatic carbocycles. The summed E-state index contributed by atoms with van der Waals surface area (Å²) in [5, 5.41) is 12.5. The number of rotatable bonds is 5. The SMILES string of the molecule is CC(C)NC(=O)c1csc(C2CC(c3ccn[nH]3)N(C(=O)OC(C)(C)C)CC2c2ccc(F)cc2)n1. The maximum absolute atomic E-state index is 13.8. The van der Waals surface area contributed by atoms with E-state index in [1.54, 1.807) is 28.6 Å². The highest BCUT2D eigenvalue weighted by Crippen LogP contribution is 2.47. The molecule has 2 amide bonds. The van der Waals surface area contributed by atoms with Crippen LogP contribution in [0.4, 0.5) is 9.18 Å². The lowest BCUT2D eigenvalue weighted by Gasteiger charge is -2.43. The number of likely N-dealkylation sites (tertiary alicyclic amines) is 1. The normalized spacial score (nSPS) is 20.4. The molecule has 1 aliphatic rings. The minimum Gasteiger partial charge on any atom is -0.444 e. The van der Waals surface area contributed by atoms with E-state index in [4.69, 9.17) is 9.72 Å². The Hall–Kier alpha value is -3.27. The van der Waals surface area contributed by atoms with Crippen LogP contribution in [0.2, 0.25) is 0 Å². The van der Waals surface area contributed by atoms with Gasteiger partial charge in [-0.15, -0.1) is 11.3 Å². The van der Waals surface area contributed by atoms with Crippen LogP contribution < -0.4 is 5.32 Å². The molecule has 0 bridgehead atoms. The number of benzene rings is 1. The summed E-state index contributed by atoms with van der Waals surface area (Å²) in [4.78, 5) is 32.3. The average Bonchev–Trinajstić information content (AvgIpc) is 3.50. The largest absolute Gasteiger partial charge is 0.444 e. The molecule has 2 N–H and O–H groups in total. The van der Waals surface area contributed by atoms with E-state index >= 15 is 0 Å². The lowest BCUT2D eigenvalue weighted by atomic mass is 9.77. The Balaban J connectivity index is 1.73. The molecule has 36 heavy (non-hydrogen) atoms. The third kappa shape index (κ3) is 5.92. The summed E-state index contributed by atoms with van der Waals surface area (Å²) in [6, 6.07) is 7.86.